The minimum absolute atomic E-state index is 0.0464. The van der Waals surface area contributed by atoms with Crippen LogP contribution in [-0.2, 0) is 31.8 Å². The summed E-state index contributed by atoms with van der Waals surface area (Å²) in [4.78, 5) is 34.1. The maximum absolute atomic E-state index is 14.5. The van der Waals surface area contributed by atoms with E-state index in [9.17, 15) is 22.8 Å². The lowest BCUT2D eigenvalue weighted by Crippen LogP contribution is -2.51. The van der Waals surface area contributed by atoms with Gasteiger partial charge >= 0.3 is 12.1 Å². The first-order chi connectivity index (χ1) is 21.2. The Bertz CT molecular complexity index is 1340. The number of likely N-dealkylation sites (tertiary alicyclic amines) is 1. The smallest absolute Gasteiger partial charge is 0.417 e. The number of benzene rings is 1. The number of nitrogens with one attached hydrogen (secondary N) is 1. The second kappa shape index (κ2) is 14.1. The lowest BCUT2D eigenvalue weighted by Gasteiger charge is -2.36. The van der Waals surface area contributed by atoms with Crippen LogP contribution in [0.25, 0.3) is 0 Å². The Kier molecular flexibility index (Phi) is 10.8. The molecule has 1 aromatic heterocycles. The summed E-state index contributed by atoms with van der Waals surface area (Å²) in [7, 11) is 1.36. The van der Waals surface area contributed by atoms with Crippen LogP contribution < -0.4 is 10.1 Å². The first-order valence-corrected chi connectivity index (χ1v) is 15.7. The average Bonchev–Trinajstić information content (AvgIpc) is 3.35. The van der Waals surface area contributed by atoms with Crippen LogP contribution in [0.4, 0.5) is 13.2 Å². The van der Waals surface area contributed by atoms with Gasteiger partial charge in [-0.3, -0.25) is 4.79 Å². The number of nitrogens with zero attached hydrogens (tertiary/aromatic N) is 2. The lowest BCUT2D eigenvalue weighted by molar-refractivity contribution is -0.162. The first kappa shape index (κ1) is 34.7. The summed E-state index contributed by atoms with van der Waals surface area (Å²) in [6.45, 7) is 12.4. The molecule has 1 amide bonds. The average molecular weight is 634 g/mol. The van der Waals surface area contributed by atoms with Crippen molar-refractivity contribution in [1.82, 2.24) is 15.2 Å². The number of aromatic nitrogens is 1. The van der Waals surface area contributed by atoms with Gasteiger partial charge in [0.1, 0.15) is 12.1 Å². The number of rotatable bonds is 9. The van der Waals surface area contributed by atoms with E-state index < -0.39 is 53.3 Å². The molecule has 0 unspecified atom stereocenters. The molecule has 5 atom stereocenters. The third kappa shape index (κ3) is 7.46. The number of halogens is 3. The van der Waals surface area contributed by atoms with E-state index in [1.165, 1.54) is 7.11 Å². The minimum Gasteiger partial charge on any atom is -0.481 e. The van der Waals surface area contributed by atoms with Crippen LogP contribution in [0.3, 0.4) is 0 Å². The van der Waals surface area contributed by atoms with Gasteiger partial charge in [-0.05, 0) is 54.7 Å². The summed E-state index contributed by atoms with van der Waals surface area (Å²) in [6.07, 6.45) is -2.34. The molecule has 2 aromatic rings. The highest BCUT2D eigenvalue weighted by molar-refractivity contribution is 5.89. The molecule has 11 heteroatoms. The quantitative estimate of drug-likeness (QED) is 0.318. The number of pyridine rings is 1. The molecule has 2 aliphatic heterocycles. The molecular weight excluding hydrogens is 587 g/mol. The van der Waals surface area contributed by atoms with E-state index in [-0.39, 0.29) is 36.4 Å². The zero-order chi connectivity index (χ0) is 33.1. The molecule has 2 aliphatic rings. The second-order valence-electron chi connectivity index (χ2n) is 13.2. The van der Waals surface area contributed by atoms with Crippen LogP contribution in [0.1, 0.15) is 95.0 Å². The predicted octanol–water partition coefficient (Wildman–Crippen LogP) is 6.44. The van der Waals surface area contributed by atoms with Gasteiger partial charge < -0.3 is 24.4 Å². The second-order valence-corrected chi connectivity index (χ2v) is 13.2. The molecule has 1 N–H and O–H groups in total. The van der Waals surface area contributed by atoms with Gasteiger partial charge in [0.15, 0.2) is 0 Å². The molecule has 0 spiro atoms. The van der Waals surface area contributed by atoms with Gasteiger partial charge in [-0.15, -0.1) is 0 Å². The standard InChI is InChI=1S/C34H46F3N3O5/c1-8-44-32(42)29-26(33(4,5)6)27(38-18-21-17-22(34(35,36)37)19-39-30(21)43-7)28(24-14-10-9-13-23(24)20(2)3)40(29)31(41)25-15-11-12-16-45-25/h9-10,13-14,17,19-20,25-29,38H,8,11-12,15-16,18H2,1-7H3/t25-,26-,27-,28-,29-/m0/s1. The monoisotopic (exact) mass is 633 g/mol. The third-order valence-corrected chi connectivity index (χ3v) is 8.82. The normalized spacial score (nSPS) is 24.2. The molecular formula is C34H46F3N3O5. The number of methoxy groups -OCH3 is 1. The highest BCUT2D eigenvalue weighted by atomic mass is 19.4. The lowest BCUT2D eigenvalue weighted by atomic mass is 9.72. The Balaban J connectivity index is 1.92. The largest absolute Gasteiger partial charge is 0.481 e. The van der Waals surface area contributed by atoms with Crippen molar-refractivity contribution in [3.05, 3.63) is 58.8 Å². The summed E-state index contributed by atoms with van der Waals surface area (Å²) >= 11 is 0. The van der Waals surface area contributed by atoms with Crippen LogP contribution >= 0.6 is 0 Å². The van der Waals surface area contributed by atoms with Gasteiger partial charge in [0.2, 0.25) is 5.88 Å². The number of carbonyl (C=O) groups is 2. The van der Waals surface area contributed by atoms with Gasteiger partial charge in [0.25, 0.3) is 5.91 Å². The van der Waals surface area contributed by atoms with E-state index in [1.54, 1.807) is 11.8 Å². The van der Waals surface area contributed by atoms with E-state index >= 15 is 0 Å². The summed E-state index contributed by atoms with van der Waals surface area (Å²) < 4.78 is 58.0. The molecule has 4 rings (SSSR count). The van der Waals surface area contributed by atoms with E-state index in [1.807, 2.05) is 45.0 Å². The molecule has 2 saturated heterocycles. The van der Waals surface area contributed by atoms with Crippen molar-refractivity contribution in [2.75, 3.05) is 20.3 Å². The maximum Gasteiger partial charge on any atom is 0.417 e. The van der Waals surface area contributed by atoms with Gasteiger partial charge in [-0.2, -0.15) is 13.2 Å². The van der Waals surface area contributed by atoms with Crippen molar-refractivity contribution in [2.24, 2.45) is 11.3 Å². The van der Waals surface area contributed by atoms with Gasteiger partial charge in [-0.1, -0.05) is 58.9 Å². The van der Waals surface area contributed by atoms with Crippen LogP contribution in [0.15, 0.2) is 36.5 Å². The summed E-state index contributed by atoms with van der Waals surface area (Å²) in [5.74, 6) is -1.14. The zero-order valence-corrected chi connectivity index (χ0v) is 27.2. The highest BCUT2D eigenvalue weighted by Crippen LogP contribution is 2.50. The number of carbonyl (C=O) groups excluding carboxylic acids is 2. The molecule has 248 valence electrons. The molecule has 0 radical (unpaired) electrons. The summed E-state index contributed by atoms with van der Waals surface area (Å²) in [5.41, 5.74) is 0.648. The van der Waals surface area contributed by atoms with Gasteiger partial charge in [-0.25, -0.2) is 9.78 Å². The molecule has 3 heterocycles. The van der Waals surface area contributed by atoms with E-state index in [0.717, 1.165) is 36.2 Å². The van der Waals surface area contributed by atoms with Crippen molar-refractivity contribution in [3.63, 3.8) is 0 Å². The first-order valence-electron chi connectivity index (χ1n) is 15.7. The summed E-state index contributed by atoms with van der Waals surface area (Å²) in [6, 6.07) is 6.68. The van der Waals surface area contributed by atoms with Crippen molar-refractivity contribution in [2.45, 2.75) is 104 Å². The van der Waals surface area contributed by atoms with Gasteiger partial charge in [0, 0.05) is 36.9 Å². The highest BCUT2D eigenvalue weighted by Gasteiger charge is 2.59. The number of alkyl halides is 3. The molecule has 1 aromatic carbocycles. The number of hydrogen-bond acceptors (Lipinski definition) is 7. The third-order valence-electron chi connectivity index (χ3n) is 8.82. The van der Waals surface area contributed by atoms with E-state index in [4.69, 9.17) is 14.2 Å². The van der Waals surface area contributed by atoms with Crippen LogP contribution in [0, 0.1) is 11.3 Å². The molecule has 2 fully saturated rings. The SMILES string of the molecule is CCOC(=O)[C@@H]1[C@@H](C(C)(C)C)[C@H](NCc2cc(C(F)(F)F)cnc2OC)[C@H](c2ccccc2C(C)C)N1C(=O)[C@@H]1CCCCO1. The van der Waals surface area contributed by atoms with Gasteiger partial charge in [0.05, 0.1) is 25.3 Å². The minimum atomic E-state index is -4.59. The Morgan fingerprint density at radius 2 is 1.87 bits per heavy atom. The zero-order valence-electron chi connectivity index (χ0n) is 27.2. The fourth-order valence-electron chi connectivity index (χ4n) is 6.87. The Hall–Kier alpha value is -3.18. The Morgan fingerprint density at radius 1 is 1.16 bits per heavy atom. The molecule has 8 nitrogen and oxygen atoms in total. The number of hydrogen-bond donors (Lipinski definition) is 1. The topological polar surface area (TPSA) is 90.0 Å². The maximum atomic E-state index is 14.5. The van der Waals surface area contributed by atoms with Crippen molar-refractivity contribution < 1.29 is 37.0 Å². The molecule has 45 heavy (non-hydrogen) atoms. The fraction of sp³-hybridized carbons (Fsp3) is 0.618. The fourth-order valence-corrected chi connectivity index (χ4v) is 6.87. The number of ether oxygens (including phenoxy) is 3. The van der Waals surface area contributed by atoms with Crippen LogP contribution in [-0.4, -0.2) is 60.3 Å². The summed E-state index contributed by atoms with van der Waals surface area (Å²) in [5, 5.41) is 3.51. The molecule has 0 aliphatic carbocycles. The Labute approximate surface area is 264 Å². The van der Waals surface area contributed by atoms with Crippen molar-refractivity contribution >= 4 is 11.9 Å². The van der Waals surface area contributed by atoms with Crippen molar-refractivity contribution in [3.8, 4) is 5.88 Å². The van der Waals surface area contributed by atoms with Crippen LogP contribution in [0.5, 0.6) is 5.88 Å². The van der Waals surface area contributed by atoms with Crippen LogP contribution in [0.2, 0.25) is 0 Å². The predicted molar refractivity (Wildman–Crippen MR) is 163 cm³/mol. The molecule has 0 bridgehead atoms. The number of amides is 1. The Morgan fingerprint density at radius 3 is 2.44 bits per heavy atom. The molecule has 0 saturated carbocycles. The van der Waals surface area contributed by atoms with E-state index in [0.29, 0.717) is 13.0 Å². The van der Waals surface area contributed by atoms with Crippen molar-refractivity contribution in [1.29, 1.82) is 0 Å². The van der Waals surface area contributed by atoms with E-state index in [2.05, 4.69) is 24.1 Å². The number of esters is 1.